The fourth-order valence-corrected chi connectivity index (χ4v) is 8.38. The molecule has 3 heterocycles. The van der Waals surface area contributed by atoms with Gasteiger partial charge in [-0.15, -0.1) is 0 Å². The normalized spacial score (nSPS) is 29.5. The number of halogens is 4. The van der Waals surface area contributed by atoms with Gasteiger partial charge in [0, 0.05) is 31.0 Å². The Kier molecular flexibility index (Phi) is 10.2. The number of allylic oxidation sites excluding steroid dienone is 1. The molecule has 1 saturated heterocycles. The number of carbonyl (C=O) groups is 4. The third kappa shape index (κ3) is 8.08. The molecular weight excluding hydrogens is 686 g/mol. The van der Waals surface area contributed by atoms with E-state index in [2.05, 4.69) is 15.4 Å². The number of carbonyl (C=O) groups excluding carboxylic acids is 4. The minimum absolute atomic E-state index is 0.0401. The van der Waals surface area contributed by atoms with Gasteiger partial charge in [0.05, 0.1) is 30.8 Å². The molecule has 0 radical (unpaired) electrons. The topological polar surface area (TPSA) is 154 Å². The Morgan fingerprint density at radius 2 is 1.86 bits per heavy atom. The number of ether oxygens (including phenoxy) is 1. The highest BCUT2D eigenvalue weighted by molar-refractivity contribution is 7.91. The molecule has 1 aromatic rings. The van der Waals surface area contributed by atoms with Crippen LogP contribution in [0.4, 0.5) is 22.4 Å². The zero-order chi connectivity index (χ0) is 35.8. The molecule has 6 rings (SSSR count). The van der Waals surface area contributed by atoms with E-state index in [-0.39, 0.29) is 38.9 Å². The van der Waals surface area contributed by atoms with Crippen molar-refractivity contribution in [3.05, 3.63) is 47.3 Å². The molecule has 2 aliphatic carbocycles. The third-order valence-electron chi connectivity index (χ3n) is 10.1. The number of alkyl halides is 3. The highest BCUT2D eigenvalue weighted by atomic mass is 32.2. The zero-order valence-corrected chi connectivity index (χ0v) is 28.2. The highest BCUT2D eigenvalue weighted by Gasteiger charge is 2.62. The maximum absolute atomic E-state index is 14.3. The molecule has 17 heteroatoms. The molecule has 0 bridgehead atoms. The SMILES string of the molecule is O=C1N[C@]2(C(=O)NS(=O)(=O)C3CC3)C[C@H]2/C=C\CCCCC[C@H](NCCC(F)(F)F)C(=O)N2C[C@H](OC(=O)N3Cc4cccc(F)c4C3)C[C@@H]12. The lowest BCUT2D eigenvalue weighted by Gasteiger charge is -2.30. The van der Waals surface area contributed by atoms with Crippen molar-refractivity contribution in [2.75, 3.05) is 13.1 Å². The summed E-state index contributed by atoms with van der Waals surface area (Å²) in [5, 5.41) is 4.74. The summed E-state index contributed by atoms with van der Waals surface area (Å²) in [5.74, 6) is -3.31. The van der Waals surface area contributed by atoms with Crippen molar-refractivity contribution in [1.29, 1.82) is 0 Å². The van der Waals surface area contributed by atoms with Crippen LogP contribution in [-0.4, -0.2) is 90.3 Å². The Morgan fingerprint density at radius 3 is 2.58 bits per heavy atom. The van der Waals surface area contributed by atoms with E-state index in [0.29, 0.717) is 49.7 Å². The van der Waals surface area contributed by atoms with E-state index in [1.165, 1.54) is 17.0 Å². The number of fused-ring (bicyclic) bond motifs is 3. The van der Waals surface area contributed by atoms with Crippen molar-refractivity contribution in [2.24, 2.45) is 5.92 Å². The molecule has 0 unspecified atom stereocenters. The Morgan fingerprint density at radius 1 is 1.08 bits per heavy atom. The van der Waals surface area contributed by atoms with Gasteiger partial charge in [0.25, 0.3) is 5.91 Å². The lowest BCUT2D eigenvalue weighted by Crippen LogP contribution is -2.58. The van der Waals surface area contributed by atoms with Crippen LogP contribution in [0.2, 0.25) is 0 Å². The second kappa shape index (κ2) is 14.1. The van der Waals surface area contributed by atoms with Crippen LogP contribution in [0.15, 0.2) is 30.4 Å². The number of benzene rings is 1. The number of hydrogen-bond acceptors (Lipinski definition) is 8. The molecule has 4 amide bonds. The molecular formula is C33H41F4N5O7S. The van der Waals surface area contributed by atoms with Crippen molar-refractivity contribution in [2.45, 2.75) is 112 Å². The van der Waals surface area contributed by atoms with E-state index in [9.17, 15) is 45.2 Å². The van der Waals surface area contributed by atoms with E-state index in [1.807, 2.05) is 6.08 Å². The van der Waals surface area contributed by atoms with E-state index in [0.717, 1.165) is 4.90 Å². The van der Waals surface area contributed by atoms with Gasteiger partial charge in [-0.2, -0.15) is 13.2 Å². The first-order valence-electron chi connectivity index (χ1n) is 17.0. The molecule has 3 N–H and O–H groups in total. The first kappa shape index (κ1) is 36.1. The summed E-state index contributed by atoms with van der Waals surface area (Å²) in [6, 6.07) is 2.14. The van der Waals surface area contributed by atoms with E-state index < -0.39 is 93.7 Å². The van der Waals surface area contributed by atoms with Crippen LogP contribution >= 0.6 is 0 Å². The van der Waals surface area contributed by atoms with Gasteiger partial charge >= 0.3 is 12.3 Å². The summed E-state index contributed by atoms with van der Waals surface area (Å²) < 4.78 is 86.6. The molecule has 12 nitrogen and oxygen atoms in total. The molecule has 0 spiro atoms. The van der Waals surface area contributed by atoms with Crippen LogP contribution in [0, 0.1) is 11.7 Å². The Labute approximate surface area is 287 Å². The number of nitrogens with zero attached hydrogens (tertiary/aromatic N) is 2. The predicted molar refractivity (Wildman–Crippen MR) is 170 cm³/mol. The molecule has 0 aromatic heterocycles. The number of nitrogens with one attached hydrogen (secondary N) is 3. The molecule has 5 atom stereocenters. The van der Waals surface area contributed by atoms with Crippen molar-refractivity contribution in [3.8, 4) is 0 Å². The Balaban J connectivity index is 1.23. The minimum Gasteiger partial charge on any atom is -0.444 e. The number of hydrogen-bond donors (Lipinski definition) is 3. The van der Waals surface area contributed by atoms with Gasteiger partial charge in [0.2, 0.25) is 21.8 Å². The van der Waals surface area contributed by atoms with Gasteiger partial charge < -0.3 is 20.3 Å². The summed E-state index contributed by atoms with van der Waals surface area (Å²) in [5.41, 5.74) is -0.635. The predicted octanol–water partition coefficient (Wildman–Crippen LogP) is 3.16. The number of amides is 4. The van der Waals surface area contributed by atoms with Gasteiger partial charge in [-0.1, -0.05) is 37.1 Å². The van der Waals surface area contributed by atoms with Crippen LogP contribution in [-0.2, 0) is 42.2 Å². The van der Waals surface area contributed by atoms with Gasteiger partial charge in [-0.25, -0.2) is 17.6 Å². The van der Waals surface area contributed by atoms with Crippen molar-refractivity contribution in [1.82, 2.24) is 25.2 Å². The molecule has 5 aliphatic rings. The molecule has 3 fully saturated rings. The van der Waals surface area contributed by atoms with Crippen molar-refractivity contribution < 1.29 is 49.9 Å². The van der Waals surface area contributed by atoms with Crippen LogP contribution < -0.4 is 15.4 Å². The standard InChI is InChI=1S/C33H41F4N5O7S/c34-25-9-6-7-20-17-41(19-24(20)25)31(46)49-22-15-27-28(43)39-32(30(45)40-50(47,48)23-11-12-23)16-21(32)8-4-2-1-3-5-10-26(29(44)42(27)18-22)38-14-13-33(35,36)37/h4,6-9,21-23,26-27,38H,1-3,5,10-19H2,(H,39,43)(H,40,45)/b8-4-/t21-,22-,26+,27+,32-/m1/s1. The monoisotopic (exact) mass is 727 g/mol. The Hall–Kier alpha value is -3.73. The smallest absolute Gasteiger partial charge is 0.410 e. The molecule has 2 saturated carbocycles. The average molecular weight is 728 g/mol. The first-order valence-corrected chi connectivity index (χ1v) is 18.6. The fourth-order valence-electron chi connectivity index (χ4n) is 7.02. The summed E-state index contributed by atoms with van der Waals surface area (Å²) in [6.45, 7) is -0.736. The van der Waals surface area contributed by atoms with Crippen LogP contribution in [0.5, 0.6) is 0 Å². The van der Waals surface area contributed by atoms with Crippen molar-refractivity contribution >= 4 is 33.8 Å². The molecule has 3 aliphatic heterocycles. The molecule has 1 aromatic carbocycles. The zero-order valence-electron chi connectivity index (χ0n) is 27.3. The summed E-state index contributed by atoms with van der Waals surface area (Å²) in [6.07, 6.45) is -0.389. The van der Waals surface area contributed by atoms with Gasteiger partial charge in [0.15, 0.2) is 0 Å². The second-order valence-corrected chi connectivity index (χ2v) is 15.8. The largest absolute Gasteiger partial charge is 0.444 e. The molecule has 274 valence electrons. The maximum Gasteiger partial charge on any atom is 0.410 e. The van der Waals surface area contributed by atoms with Gasteiger partial charge in [0.1, 0.15) is 23.5 Å². The molecule has 50 heavy (non-hydrogen) atoms. The summed E-state index contributed by atoms with van der Waals surface area (Å²) in [4.78, 5) is 57.3. The lowest BCUT2D eigenvalue weighted by molar-refractivity contribution is -0.142. The fraction of sp³-hybridized carbons (Fsp3) is 0.636. The maximum atomic E-state index is 14.3. The van der Waals surface area contributed by atoms with Crippen LogP contribution in [0.1, 0.15) is 75.3 Å². The summed E-state index contributed by atoms with van der Waals surface area (Å²) in [7, 11) is -3.95. The second-order valence-electron chi connectivity index (χ2n) is 13.9. The Bertz CT molecular complexity index is 1650. The lowest BCUT2D eigenvalue weighted by atomic mass is 10.0. The number of rotatable bonds is 7. The quantitative estimate of drug-likeness (QED) is 0.286. The van der Waals surface area contributed by atoms with Crippen molar-refractivity contribution in [3.63, 3.8) is 0 Å². The minimum atomic E-state index is -4.46. The average Bonchev–Trinajstić information content (AvgIpc) is 3.93. The van der Waals surface area contributed by atoms with Crippen LogP contribution in [0.3, 0.4) is 0 Å². The van der Waals surface area contributed by atoms with E-state index in [1.54, 1.807) is 12.1 Å². The third-order valence-corrected chi connectivity index (χ3v) is 11.9. The highest BCUT2D eigenvalue weighted by Crippen LogP contribution is 2.46. The summed E-state index contributed by atoms with van der Waals surface area (Å²) >= 11 is 0. The van der Waals surface area contributed by atoms with Gasteiger partial charge in [-0.3, -0.25) is 24.0 Å². The van der Waals surface area contributed by atoms with Gasteiger partial charge in [-0.05, 0) is 50.2 Å². The first-order chi connectivity index (χ1) is 23.7. The van der Waals surface area contributed by atoms with Crippen LogP contribution in [0.25, 0.3) is 0 Å². The van der Waals surface area contributed by atoms with E-state index in [4.69, 9.17) is 4.74 Å². The van der Waals surface area contributed by atoms with E-state index >= 15 is 0 Å². The number of sulfonamides is 1.